The number of morpholine rings is 1. The van der Waals surface area contributed by atoms with E-state index in [-0.39, 0.29) is 0 Å². The molecule has 7 heteroatoms. The molecule has 1 aromatic carbocycles. The normalized spacial score (nSPS) is 29.7. The summed E-state index contributed by atoms with van der Waals surface area (Å²) >= 11 is 1.49. The number of amidine groups is 1. The topological polar surface area (TPSA) is 65.4 Å². The van der Waals surface area contributed by atoms with Gasteiger partial charge in [-0.3, -0.25) is 9.79 Å². The van der Waals surface area contributed by atoms with Crippen molar-refractivity contribution in [2.24, 2.45) is 10.9 Å². The molecule has 1 N–H and O–H groups in total. The summed E-state index contributed by atoms with van der Waals surface area (Å²) in [5.74, 6) is -0.414. The van der Waals surface area contributed by atoms with Crippen molar-refractivity contribution >= 4 is 34.9 Å². The van der Waals surface area contributed by atoms with Crippen molar-refractivity contribution in [3.05, 3.63) is 35.7 Å². The molecule has 2 fully saturated rings. The number of thioether (sulfide) groups is 1. The highest BCUT2D eigenvalue weighted by Crippen LogP contribution is 2.43. The fourth-order valence-corrected chi connectivity index (χ4v) is 4.88. The first kappa shape index (κ1) is 18.4. The van der Waals surface area contributed by atoms with Crippen LogP contribution in [0.15, 0.2) is 40.7 Å². The van der Waals surface area contributed by atoms with E-state index in [1.807, 2.05) is 12.3 Å². The molecular weight excluding hydrogens is 362 g/mol. The molecule has 1 aromatic rings. The highest BCUT2D eigenvalue weighted by molar-refractivity contribution is 8.03. The smallest absolute Gasteiger partial charge is 0.313 e. The van der Waals surface area contributed by atoms with Crippen LogP contribution in [0.25, 0.3) is 0 Å². The van der Waals surface area contributed by atoms with Gasteiger partial charge in [-0.1, -0.05) is 6.08 Å². The van der Waals surface area contributed by atoms with Crippen molar-refractivity contribution in [2.75, 3.05) is 42.6 Å². The summed E-state index contributed by atoms with van der Waals surface area (Å²) in [5.41, 5.74) is 2.34. The third kappa shape index (κ3) is 3.71. The molecule has 0 aromatic heterocycles. The van der Waals surface area contributed by atoms with Crippen molar-refractivity contribution in [1.29, 1.82) is 0 Å². The van der Waals surface area contributed by atoms with Crippen molar-refractivity contribution in [1.82, 2.24) is 0 Å². The van der Waals surface area contributed by atoms with Gasteiger partial charge < -0.3 is 19.6 Å². The van der Waals surface area contributed by atoms with Gasteiger partial charge in [-0.15, -0.1) is 11.8 Å². The minimum absolute atomic E-state index is 0.582. The Hall–Kier alpha value is -1.99. The largest absolute Gasteiger partial charge is 0.481 e. The van der Waals surface area contributed by atoms with Crippen LogP contribution in [0.5, 0.6) is 0 Å². The molecule has 3 heterocycles. The molecule has 2 atom stereocenters. The first-order valence-corrected chi connectivity index (χ1v) is 10.3. The Morgan fingerprint density at radius 3 is 2.63 bits per heavy atom. The fraction of sp³-hybridized carbons (Fsp3) is 0.500. The predicted molar refractivity (Wildman–Crippen MR) is 110 cm³/mol. The van der Waals surface area contributed by atoms with Gasteiger partial charge in [0.15, 0.2) is 0 Å². The SMILES string of the molecule is CC1(/N=C2\CCCN2c2ccc(N3CCOCC3)cc2)SC=CC1C(=O)O. The van der Waals surface area contributed by atoms with Gasteiger partial charge in [0.2, 0.25) is 0 Å². The van der Waals surface area contributed by atoms with Crippen LogP contribution in [-0.4, -0.2) is 54.6 Å². The van der Waals surface area contributed by atoms with E-state index in [1.54, 1.807) is 6.08 Å². The Balaban J connectivity index is 1.54. The van der Waals surface area contributed by atoms with Crippen molar-refractivity contribution in [3.8, 4) is 0 Å². The van der Waals surface area contributed by atoms with Crippen LogP contribution < -0.4 is 9.80 Å². The van der Waals surface area contributed by atoms with Crippen molar-refractivity contribution in [3.63, 3.8) is 0 Å². The number of aliphatic imine (C=N–C) groups is 1. The Morgan fingerprint density at radius 2 is 1.93 bits per heavy atom. The van der Waals surface area contributed by atoms with Gasteiger partial charge in [0, 0.05) is 37.4 Å². The third-order valence-corrected chi connectivity index (χ3v) is 6.52. The zero-order valence-corrected chi connectivity index (χ0v) is 16.3. The van der Waals surface area contributed by atoms with E-state index in [0.29, 0.717) is 0 Å². The molecule has 0 bridgehead atoms. The second-order valence-corrected chi connectivity index (χ2v) is 8.55. The van der Waals surface area contributed by atoms with Gasteiger partial charge >= 0.3 is 5.97 Å². The van der Waals surface area contributed by atoms with Gasteiger partial charge in [0.05, 0.1) is 13.2 Å². The molecule has 0 spiro atoms. The van der Waals surface area contributed by atoms with E-state index >= 15 is 0 Å². The van der Waals surface area contributed by atoms with E-state index < -0.39 is 16.8 Å². The maximum atomic E-state index is 11.6. The quantitative estimate of drug-likeness (QED) is 0.856. The molecule has 2 unspecified atom stereocenters. The molecular formula is C20H25N3O3S. The Labute approximate surface area is 163 Å². The van der Waals surface area contributed by atoms with Crippen LogP contribution in [0.1, 0.15) is 19.8 Å². The van der Waals surface area contributed by atoms with Crippen LogP contribution >= 0.6 is 11.8 Å². The number of carboxylic acid groups (broad SMARTS) is 1. The summed E-state index contributed by atoms with van der Waals surface area (Å²) in [5, 5.41) is 11.4. The number of ether oxygens (including phenoxy) is 1. The van der Waals surface area contributed by atoms with Crippen LogP contribution in [-0.2, 0) is 9.53 Å². The molecule has 3 aliphatic rings. The molecule has 0 radical (unpaired) electrons. The Bertz CT molecular complexity index is 758. The zero-order chi connectivity index (χ0) is 18.9. The lowest BCUT2D eigenvalue weighted by molar-refractivity contribution is -0.140. The average Bonchev–Trinajstić information content (AvgIpc) is 3.29. The summed E-state index contributed by atoms with van der Waals surface area (Å²) in [7, 11) is 0. The number of aliphatic carboxylic acids is 1. The Morgan fingerprint density at radius 1 is 1.22 bits per heavy atom. The number of carbonyl (C=O) groups is 1. The number of nitrogens with zero attached hydrogens (tertiary/aromatic N) is 3. The Kier molecular flexibility index (Phi) is 5.14. The minimum atomic E-state index is -0.817. The van der Waals surface area contributed by atoms with Crippen LogP contribution in [0.2, 0.25) is 0 Å². The fourth-order valence-electron chi connectivity index (χ4n) is 3.89. The molecule has 4 rings (SSSR count). The van der Waals surface area contributed by atoms with Gasteiger partial charge in [-0.25, -0.2) is 0 Å². The lowest BCUT2D eigenvalue weighted by Gasteiger charge is -2.30. The molecule has 6 nitrogen and oxygen atoms in total. The lowest BCUT2D eigenvalue weighted by atomic mass is 10.0. The summed E-state index contributed by atoms with van der Waals surface area (Å²) in [6.45, 7) is 6.24. The number of rotatable bonds is 4. The van der Waals surface area contributed by atoms with Gasteiger partial charge in [0.1, 0.15) is 16.6 Å². The number of hydrogen-bond acceptors (Lipinski definition) is 5. The average molecular weight is 388 g/mol. The first-order valence-electron chi connectivity index (χ1n) is 9.43. The standard InChI is InChI=1S/C20H25N3O3S/c1-20(17(19(24)25)8-14-27-20)21-18-3-2-9-23(18)16-6-4-15(5-7-16)22-10-12-26-13-11-22/h4-8,14,17H,2-3,9-13H2,1H3,(H,24,25)/b21-18+. The summed E-state index contributed by atoms with van der Waals surface area (Å²) in [6, 6.07) is 8.60. The van der Waals surface area contributed by atoms with E-state index in [9.17, 15) is 9.90 Å². The second kappa shape index (κ2) is 7.56. The van der Waals surface area contributed by atoms with Crippen LogP contribution in [0, 0.1) is 5.92 Å². The van der Waals surface area contributed by atoms with Crippen LogP contribution in [0.3, 0.4) is 0 Å². The molecule has 0 saturated carbocycles. The maximum Gasteiger partial charge on any atom is 0.313 e. The number of hydrogen-bond donors (Lipinski definition) is 1. The molecule has 0 aliphatic carbocycles. The van der Waals surface area contributed by atoms with Crippen molar-refractivity contribution in [2.45, 2.75) is 24.6 Å². The lowest BCUT2D eigenvalue weighted by Crippen LogP contribution is -2.36. The van der Waals surface area contributed by atoms with E-state index in [4.69, 9.17) is 9.73 Å². The van der Waals surface area contributed by atoms with Crippen molar-refractivity contribution < 1.29 is 14.6 Å². The monoisotopic (exact) mass is 387 g/mol. The number of anilines is 2. The highest BCUT2D eigenvalue weighted by Gasteiger charge is 2.42. The van der Waals surface area contributed by atoms with Gasteiger partial charge in [-0.05, 0) is 43.0 Å². The summed E-state index contributed by atoms with van der Waals surface area (Å²) in [4.78, 5) is 20.4. The summed E-state index contributed by atoms with van der Waals surface area (Å²) in [6.07, 6.45) is 3.66. The second-order valence-electron chi connectivity index (χ2n) is 7.22. The van der Waals surface area contributed by atoms with E-state index in [2.05, 4.69) is 34.1 Å². The van der Waals surface area contributed by atoms with E-state index in [1.165, 1.54) is 17.4 Å². The third-order valence-electron chi connectivity index (χ3n) is 5.40. The highest BCUT2D eigenvalue weighted by atomic mass is 32.2. The molecule has 144 valence electrons. The number of benzene rings is 1. The molecule has 27 heavy (non-hydrogen) atoms. The predicted octanol–water partition coefficient (Wildman–Crippen LogP) is 3.20. The van der Waals surface area contributed by atoms with Gasteiger partial charge in [0.25, 0.3) is 0 Å². The van der Waals surface area contributed by atoms with Gasteiger partial charge in [-0.2, -0.15) is 0 Å². The summed E-state index contributed by atoms with van der Waals surface area (Å²) < 4.78 is 5.42. The number of carboxylic acids is 1. The maximum absolute atomic E-state index is 11.6. The molecule has 2 saturated heterocycles. The minimum Gasteiger partial charge on any atom is -0.481 e. The van der Waals surface area contributed by atoms with Crippen LogP contribution in [0.4, 0.5) is 11.4 Å². The molecule has 0 amide bonds. The molecule has 3 aliphatic heterocycles. The zero-order valence-electron chi connectivity index (χ0n) is 15.5. The van der Waals surface area contributed by atoms with E-state index in [0.717, 1.165) is 57.2 Å². The first-order chi connectivity index (χ1) is 13.1.